The Hall–Kier alpha value is -3.51. The molecule has 0 spiro atoms. The molecule has 0 saturated heterocycles. The highest BCUT2D eigenvalue weighted by Gasteiger charge is 2.29. The summed E-state index contributed by atoms with van der Waals surface area (Å²) >= 11 is 0. The van der Waals surface area contributed by atoms with E-state index in [-0.39, 0.29) is 18.0 Å². The van der Waals surface area contributed by atoms with Crippen LogP contribution >= 0.6 is 0 Å². The van der Waals surface area contributed by atoms with Crippen molar-refractivity contribution in [2.24, 2.45) is 4.99 Å². The molecule has 1 aliphatic heterocycles. The van der Waals surface area contributed by atoms with Crippen LogP contribution in [0.25, 0.3) is 0 Å². The smallest absolute Gasteiger partial charge is 0.162 e. The van der Waals surface area contributed by atoms with Gasteiger partial charge in [0.2, 0.25) is 0 Å². The van der Waals surface area contributed by atoms with Crippen LogP contribution in [0.5, 0.6) is 23.0 Å². The third-order valence-electron chi connectivity index (χ3n) is 5.60. The van der Waals surface area contributed by atoms with Crippen LogP contribution in [0, 0.1) is 0 Å². The lowest BCUT2D eigenvalue weighted by Gasteiger charge is -2.31. The lowest BCUT2D eigenvalue weighted by Crippen LogP contribution is -2.33. The molecule has 32 heavy (non-hydrogen) atoms. The Labute approximate surface area is 188 Å². The minimum atomic E-state index is -0.336. The number of methoxy groups -OCH3 is 2. The third-order valence-corrected chi connectivity index (χ3v) is 5.60. The van der Waals surface area contributed by atoms with Gasteiger partial charge in [0.25, 0.3) is 0 Å². The molecule has 6 heteroatoms. The van der Waals surface area contributed by atoms with Crippen molar-refractivity contribution in [3.8, 4) is 23.0 Å². The second kappa shape index (κ2) is 9.75. The van der Waals surface area contributed by atoms with E-state index in [1.54, 1.807) is 20.3 Å². The van der Waals surface area contributed by atoms with Crippen LogP contribution in [0.3, 0.4) is 0 Å². The highest BCUT2D eigenvalue weighted by atomic mass is 16.5. The highest BCUT2D eigenvalue weighted by Crippen LogP contribution is 2.40. The third kappa shape index (κ3) is 4.41. The van der Waals surface area contributed by atoms with Gasteiger partial charge < -0.3 is 19.3 Å². The average molecular weight is 433 g/mol. The Balaban J connectivity index is 1.77. The molecule has 166 valence electrons. The van der Waals surface area contributed by atoms with Crippen molar-refractivity contribution in [3.05, 3.63) is 83.4 Å². The Morgan fingerprint density at radius 3 is 2.34 bits per heavy atom. The van der Waals surface area contributed by atoms with Crippen molar-refractivity contribution in [1.82, 2.24) is 5.32 Å². The number of phenolic OH excluding ortho intramolecular Hbond substituents is 1. The lowest BCUT2D eigenvalue weighted by molar-refractivity contribution is 0.313. The number of hydrogen-bond acceptors (Lipinski definition) is 6. The van der Waals surface area contributed by atoms with Crippen LogP contribution in [0.15, 0.2) is 71.7 Å². The number of aromatic hydroxyl groups is 1. The minimum Gasteiger partial charge on any atom is -0.504 e. The Kier molecular flexibility index (Phi) is 6.61. The molecule has 0 aliphatic carbocycles. The molecular formula is C26H28N2O4. The number of nitrogens with zero attached hydrogens (tertiary/aromatic N) is 1. The maximum atomic E-state index is 10.9. The zero-order valence-electron chi connectivity index (χ0n) is 18.5. The number of nitrogens with one attached hydrogen (secondary N) is 1. The van der Waals surface area contributed by atoms with Gasteiger partial charge in [0.05, 0.1) is 20.8 Å². The fraction of sp³-hybridized carbons (Fsp3) is 0.269. The molecule has 0 aromatic heterocycles. The fourth-order valence-electron chi connectivity index (χ4n) is 4.01. The van der Waals surface area contributed by atoms with Gasteiger partial charge in [-0.25, -0.2) is 0 Å². The van der Waals surface area contributed by atoms with Crippen molar-refractivity contribution in [2.45, 2.75) is 25.6 Å². The van der Waals surface area contributed by atoms with E-state index in [2.05, 4.69) is 5.32 Å². The van der Waals surface area contributed by atoms with E-state index < -0.39 is 0 Å². The van der Waals surface area contributed by atoms with Crippen LogP contribution in [0.1, 0.15) is 42.2 Å². The fourth-order valence-corrected chi connectivity index (χ4v) is 4.01. The molecule has 0 bridgehead atoms. The second-order valence-corrected chi connectivity index (χ2v) is 7.50. The molecular weight excluding hydrogens is 404 g/mol. The molecule has 0 fully saturated rings. The molecule has 3 aromatic carbocycles. The second-order valence-electron chi connectivity index (χ2n) is 7.50. The first-order chi connectivity index (χ1) is 15.6. The number of benzene rings is 3. The van der Waals surface area contributed by atoms with Crippen molar-refractivity contribution in [3.63, 3.8) is 0 Å². The van der Waals surface area contributed by atoms with Gasteiger partial charge in [0.15, 0.2) is 11.5 Å². The van der Waals surface area contributed by atoms with Gasteiger partial charge in [-0.3, -0.25) is 10.3 Å². The molecule has 3 aromatic rings. The van der Waals surface area contributed by atoms with E-state index >= 15 is 0 Å². The van der Waals surface area contributed by atoms with Gasteiger partial charge in [-0.1, -0.05) is 30.3 Å². The first kappa shape index (κ1) is 21.7. The van der Waals surface area contributed by atoms with Gasteiger partial charge in [0, 0.05) is 29.3 Å². The zero-order chi connectivity index (χ0) is 22.5. The van der Waals surface area contributed by atoms with E-state index in [9.17, 15) is 5.11 Å². The first-order valence-electron chi connectivity index (χ1n) is 10.7. The van der Waals surface area contributed by atoms with E-state index in [0.29, 0.717) is 18.8 Å². The predicted octanol–water partition coefficient (Wildman–Crippen LogP) is 5.03. The zero-order valence-corrected chi connectivity index (χ0v) is 18.5. The Bertz CT molecular complexity index is 1100. The lowest BCUT2D eigenvalue weighted by atomic mass is 9.93. The minimum absolute atomic E-state index is 0.154. The molecule has 1 aliphatic rings. The summed E-state index contributed by atoms with van der Waals surface area (Å²) in [5.41, 5.74) is 3.66. The summed E-state index contributed by atoms with van der Waals surface area (Å²) in [6.45, 7) is 2.38. The molecule has 0 saturated carbocycles. The average Bonchev–Trinajstić information content (AvgIpc) is 2.85. The van der Waals surface area contributed by atoms with Gasteiger partial charge in [-0.05, 0) is 48.9 Å². The SMILES string of the molecule is CCOc1cccc([C@H]2CC(c3ccc(OC)cc3)=N[C@@H](c3ccccc3OC)N2)c1O. The molecule has 0 radical (unpaired) electrons. The Morgan fingerprint density at radius 1 is 0.906 bits per heavy atom. The summed E-state index contributed by atoms with van der Waals surface area (Å²) in [5.74, 6) is 2.19. The number of para-hydroxylation sites is 2. The number of phenols is 1. The maximum Gasteiger partial charge on any atom is 0.162 e. The van der Waals surface area contributed by atoms with Crippen molar-refractivity contribution >= 4 is 5.71 Å². The topological polar surface area (TPSA) is 72.3 Å². The summed E-state index contributed by atoms with van der Waals surface area (Å²) < 4.78 is 16.5. The van der Waals surface area contributed by atoms with Crippen LogP contribution in [-0.4, -0.2) is 31.6 Å². The monoisotopic (exact) mass is 432 g/mol. The van der Waals surface area contributed by atoms with E-state index in [1.807, 2.05) is 67.6 Å². The largest absolute Gasteiger partial charge is 0.504 e. The molecule has 6 nitrogen and oxygen atoms in total. The number of aliphatic imine (C=N–C) groups is 1. The molecule has 4 rings (SSSR count). The Morgan fingerprint density at radius 2 is 1.62 bits per heavy atom. The number of hydrogen-bond donors (Lipinski definition) is 2. The van der Waals surface area contributed by atoms with Gasteiger partial charge >= 0.3 is 0 Å². The molecule has 0 amide bonds. The predicted molar refractivity (Wildman–Crippen MR) is 125 cm³/mol. The normalized spacial score (nSPS) is 18.0. The van der Waals surface area contributed by atoms with Crippen LogP contribution in [-0.2, 0) is 0 Å². The summed E-state index contributed by atoms with van der Waals surface area (Å²) in [5, 5.41) is 14.5. The molecule has 2 atom stereocenters. The van der Waals surface area contributed by atoms with Gasteiger partial charge in [-0.2, -0.15) is 0 Å². The van der Waals surface area contributed by atoms with E-state index in [4.69, 9.17) is 19.2 Å². The van der Waals surface area contributed by atoms with Crippen molar-refractivity contribution in [2.75, 3.05) is 20.8 Å². The van der Waals surface area contributed by atoms with Crippen molar-refractivity contribution in [1.29, 1.82) is 0 Å². The molecule has 0 unspecified atom stereocenters. The number of ether oxygens (including phenoxy) is 3. The molecule has 2 N–H and O–H groups in total. The first-order valence-corrected chi connectivity index (χ1v) is 10.7. The summed E-state index contributed by atoms with van der Waals surface area (Å²) in [6, 6.07) is 21.2. The van der Waals surface area contributed by atoms with Crippen LogP contribution in [0.2, 0.25) is 0 Å². The van der Waals surface area contributed by atoms with Crippen LogP contribution in [0.4, 0.5) is 0 Å². The van der Waals surface area contributed by atoms with Crippen LogP contribution < -0.4 is 19.5 Å². The van der Waals surface area contributed by atoms with Gasteiger partial charge in [0.1, 0.15) is 17.7 Å². The van der Waals surface area contributed by atoms with E-state index in [1.165, 1.54) is 0 Å². The highest BCUT2D eigenvalue weighted by molar-refractivity contribution is 6.01. The summed E-state index contributed by atoms with van der Waals surface area (Å²) in [6.07, 6.45) is 0.276. The van der Waals surface area contributed by atoms with E-state index in [0.717, 1.165) is 33.9 Å². The maximum absolute atomic E-state index is 10.9. The van der Waals surface area contributed by atoms with Gasteiger partial charge in [-0.15, -0.1) is 0 Å². The summed E-state index contributed by atoms with van der Waals surface area (Å²) in [4.78, 5) is 5.02. The number of rotatable bonds is 7. The van der Waals surface area contributed by atoms with Crippen molar-refractivity contribution < 1.29 is 19.3 Å². The quantitative estimate of drug-likeness (QED) is 0.548. The molecule has 1 heterocycles. The summed E-state index contributed by atoms with van der Waals surface area (Å²) in [7, 11) is 3.31. The standard InChI is InChI=1S/C26H28N2O4/c1-4-32-24-11-7-9-19(25(24)29)22-16-21(17-12-14-18(30-2)15-13-17)27-26(28-22)20-8-5-6-10-23(20)31-3/h5-15,22,26,28-29H,4,16H2,1-3H3/t22-,26-/m1/s1.